The molecule has 1 atom stereocenters. The van der Waals surface area contributed by atoms with E-state index >= 15 is 0 Å². The first-order chi connectivity index (χ1) is 9.65. The van der Waals surface area contributed by atoms with Gasteiger partial charge in [-0.25, -0.2) is 0 Å². The van der Waals surface area contributed by atoms with Gasteiger partial charge in [0.1, 0.15) is 0 Å². The van der Waals surface area contributed by atoms with Gasteiger partial charge in [-0.2, -0.15) is 0 Å². The normalized spacial score (nSPS) is 17.9. The van der Waals surface area contributed by atoms with Crippen molar-refractivity contribution in [1.29, 1.82) is 0 Å². The van der Waals surface area contributed by atoms with E-state index in [4.69, 9.17) is 5.11 Å². The molecule has 1 aliphatic heterocycles. The maximum absolute atomic E-state index is 11.9. The van der Waals surface area contributed by atoms with Crippen molar-refractivity contribution < 1.29 is 14.7 Å². The van der Waals surface area contributed by atoms with Gasteiger partial charge in [0.05, 0.1) is 6.42 Å². The molecule has 1 aliphatic rings. The number of aliphatic carboxylic acids is 1. The number of hydrogen-bond donors (Lipinski definition) is 3. The van der Waals surface area contributed by atoms with Crippen LogP contribution in [0.15, 0.2) is 24.3 Å². The van der Waals surface area contributed by atoms with E-state index in [1.54, 1.807) is 24.3 Å². The second kappa shape index (κ2) is 7.05. The Labute approximate surface area is 118 Å². The number of anilines is 1. The average Bonchev–Trinajstić information content (AvgIpc) is 2.91. The molecule has 1 heterocycles. The van der Waals surface area contributed by atoms with Gasteiger partial charge in [-0.15, -0.1) is 0 Å². The zero-order valence-electron chi connectivity index (χ0n) is 11.4. The molecule has 0 spiro atoms. The number of hydrogen-bond acceptors (Lipinski definition) is 3. The Hall–Kier alpha value is -1.88. The molecule has 1 unspecified atom stereocenters. The van der Waals surface area contributed by atoms with E-state index in [9.17, 15) is 9.59 Å². The van der Waals surface area contributed by atoms with Gasteiger partial charge in [-0.05, 0) is 43.5 Å². The van der Waals surface area contributed by atoms with Crippen LogP contribution in [0.2, 0.25) is 0 Å². The Balaban J connectivity index is 1.88. The number of amides is 1. The highest BCUT2D eigenvalue weighted by molar-refractivity contribution is 5.92. The lowest BCUT2D eigenvalue weighted by Gasteiger charge is -2.11. The van der Waals surface area contributed by atoms with Crippen LogP contribution < -0.4 is 10.6 Å². The standard InChI is InChI=1S/C15H20N2O3/c18-14(6-5-11-7-8-16-10-11)17-13-4-2-1-3-12(13)9-15(19)20/h1-4,11,16H,5-10H2,(H,17,18)(H,19,20). The highest BCUT2D eigenvalue weighted by atomic mass is 16.4. The molecule has 1 aromatic carbocycles. The zero-order chi connectivity index (χ0) is 14.4. The number of para-hydroxylation sites is 1. The highest BCUT2D eigenvalue weighted by Gasteiger charge is 2.16. The minimum Gasteiger partial charge on any atom is -0.481 e. The van der Waals surface area contributed by atoms with Crippen molar-refractivity contribution in [3.63, 3.8) is 0 Å². The maximum Gasteiger partial charge on any atom is 0.307 e. The molecule has 5 nitrogen and oxygen atoms in total. The van der Waals surface area contributed by atoms with E-state index in [1.165, 1.54) is 0 Å². The van der Waals surface area contributed by atoms with Gasteiger partial charge in [0.15, 0.2) is 0 Å². The summed E-state index contributed by atoms with van der Waals surface area (Å²) in [6.07, 6.45) is 2.40. The van der Waals surface area contributed by atoms with E-state index in [2.05, 4.69) is 10.6 Å². The first-order valence-electron chi connectivity index (χ1n) is 6.95. The van der Waals surface area contributed by atoms with Crippen molar-refractivity contribution in [3.05, 3.63) is 29.8 Å². The molecule has 0 saturated carbocycles. The summed E-state index contributed by atoms with van der Waals surface area (Å²) in [6, 6.07) is 7.04. The van der Waals surface area contributed by atoms with Gasteiger partial charge in [-0.1, -0.05) is 18.2 Å². The topological polar surface area (TPSA) is 78.4 Å². The molecule has 1 amide bonds. The average molecular weight is 276 g/mol. The highest BCUT2D eigenvalue weighted by Crippen LogP contribution is 2.18. The fraction of sp³-hybridized carbons (Fsp3) is 0.467. The quantitative estimate of drug-likeness (QED) is 0.738. The fourth-order valence-corrected chi connectivity index (χ4v) is 2.47. The van der Waals surface area contributed by atoms with Crippen molar-refractivity contribution in [2.45, 2.75) is 25.7 Å². The number of carboxylic acids is 1. The molecule has 1 aromatic rings. The van der Waals surface area contributed by atoms with Crippen LogP contribution in [0, 0.1) is 5.92 Å². The summed E-state index contributed by atoms with van der Waals surface area (Å²) >= 11 is 0. The van der Waals surface area contributed by atoms with Crippen molar-refractivity contribution in [3.8, 4) is 0 Å². The van der Waals surface area contributed by atoms with Gasteiger partial charge < -0.3 is 15.7 Å². The Morgan fingerprint density at radius 1 is 1.35 bits per heavy atom. The molecular weight excluding hydrogens is 256 g/mol. The minimum absolute atomic E-state index is 0.0465. The van der Waals surface area contributed by atoms with Crippen LogP contribution in [0.25, 0.3) is 0 Å². The molecule has 3 N–H and O–H groups in total. The lowest BCUT2D eigenvalue weighted by atomic mass is 10.0. The smallest absolute Gasteiger partial charge is 0.307 e. The Kier molecular flexibility index (Phi) is 5.12. The largest absolute Gasteiger partial charge is 0.481 e. The zero-order valence-corrected chi connectivity index (χ0v) is 11.4. The predicted octanol–water partition coefficient (Wildman–Crippen LogP) is 1.64. The van der Waals surface area contributed by atoms with Crippen molar-refractivity contribution in [2.24, 2.45) is 5.92 Å². The predicted molar refractivity (Wildman–Crippen MR) is 76.6 cm³/mol. The monoisotopic (exact) mass is 276 g/mol. The third-order valence-corrected chi connectivity index (χ3v) is 3.58. The van der Waals surface area contributed by atoms with Crippen LogP contribution in [0.4, 0.5) is 5.69 Å². The van der Waals surface area contributed by atoms with Crippen LogP contribution in [-0.4, -0.2) is 30.1 Å². The number of rotatable bonds is 6. The lowest BCUT2D eigenvalue weighted by Crippen LogP contribution is -2.16. The number of nitrogens with one attached hydrogen (secondary N) is 2. The Morgan fingerprint density at radius 3 is 2.85 bits per heavy atom. The van der Waals surface area contributed by atoms with Gasteiger partial charge >= 0.3 is 5.97 Å². The van der Waals surface area contributed by atoms with E-state index in [0.29, 0.717) is 23.6 Å². The molecule has 0 radical (unpaired) electrons. The number of carboxylic acid groups (broad SMARTS) is 1. The molecule has 2 rings (SSSR count). The van der Waals surface area contributed by atoms with Gasteiger partial charge in [0, 0.05) is 12.1 Å². The summed E-state index contributed by atoms with van der Waals surface area (Å²) in [6.45, 7) is 2.02. The maximum atomic E-state index is 11.9. The first kappa shape index (κ1) is 14.5. The lowest BCUT2D eigenvalue weighted by molar-refractivity contribution is -0.136. The Morgan fingerprint density at radius 2 is 2.15 bits per heavy atom. The summed E-state index contributed by atoms with van der Waals surface area (Å²) < 4.78 is 0. The van der Waals surface area contributed by atoms with E-state index < -0.39 is 5.97 Å². The summed E-state index contributed by atoms with van der Waals surface area (Å²) in [7, 11) is 0. The second-order valence-corrected chi connectivity index (χ2v) is 5.17. The molecule has 1 fully saturated rings. The van der Waals surface area contributed by atoms with E-state index in [-0.39, 0.29) is 12.3 Å². The van der Waals surface area contributed by atoms with Crippen molar-refractivity contribution in [2.75, 3.05) is 18.4 Å². The molecule has 1 saturated heterocycles. The van der Waals surface area contributed by atoms with Crippen molar-refractivity contribution in [1.82, 2.24) is 5.32 Å². The first-order valence-corrected chi connectivity index (χ1v) is 6.95. The van der Waals surface area contributed by atoms with Crippen LogP contribution in [0.1, 0.15) is 24.8 Å². The molecule has 0 aromatic heterocycles. The third-order valence-electron chi connectivity index (χ3n) is 3.58. The molecule has 20 heavy (non-hydrogen) atoms. The number of carbonyl (C=O) groups is 2. The Bertz CT molecular complexity index is 482. The van der Waals surface area contributed by atoms with Gasteiger partial charge in [-0.3, -0.25) is 9.59 Å². The number of carbonyl (C=O) groups excluding carboxylic acids is 1. The van der Waals surface area contributed by atoms with Crippen LogP contribution in [0.3, 0.4) is 0 Å². The SMILES string of the molecule is O=C(O)Cc1ccccc1NC(=O)CCC1CCNC1. The van der Waals surface area contributed by atoms with Crippen LogP contribution >= 0.6 is 0 Å². The van der Waals surface area contributed by atoms with Crippen molar-refractivity contribution >= 4 is 17.6 Å². The number of benzene rings is 1. The third kappa shape index (κ3) is 4.35. The molecule has 108 valence electrons. The van der Waals surface area contributed by atoms with Gasteiger partial charge in [0.25, 0.3) is 0 Å². The summed E-state index contributed by atoms with van der Waals surface area (Å²) in [5.74, 6) is -0.367. The summed E-state index contributed by atoms with van der Waals surface area (Å²) in [4.78, 5) is 22.7. The van der Waals surface area contributed by atoms with E-state index in [0.717, 1.165) is 25.9 Å². The molecular formula is C15H20N2O3. The van der Waals surface area contributed by atoms with Gasteiger partial charge in [0.2, 0.25) is 5.91 Å². The molecule has 0 bridgehead atoms. The fourth-order valence-electron chi connectivity index (χ4n) is 2.47. The second-order valence-electron chi connectivity index (χ2n) is 5.17. The molecule has 5 heteroatoms. The van der Waals surface area contributed by atoms with Crippen LogP contribution in [0.5, 0.6) is 0 Å². The molecule has 0 aliphatic carbocycles. The van der Waals surface area contributed by atoms with E-state index in [1.807, 2.05) is 0 Å². The summed E-state index contributed by atoms with van der Waals surface area (Å²) in [5.41, 5.74) is 1.24. The van der Waals surface area contributed by atoms with Crippen LogP contribution in [-0.2, 0) is 16.0 Å². The summed E-state index contributed by atoms with van der Waals surface area (Å²) in [5, 5.41) is 14.9. The minimum atomic E-state index is -0.899.